The lowest BCUT2D eigenvalue weighted by atomic mass is 10.2. The number of ether oxygens (including phenoxy) is 1. The van der Waals surface area contributed by atoms with E-state index in [2.05, 4.69) is 35.0 Å². The van der Waals surface area contributed by atoms with Crippen LogP contribution in [0.1, 0.15) is 19.4 Å². The van der Waals surface area contributed by atoms with Crippen LogP contribution in [-0.4, -0.2) is 84.9 Å². The smallest absolute Gasteiger partial charge is 0.123 e. The number of rotatable bonds is 12. The first-order chi connectivity index (χ1) is 12.7. The van der Waals surface area contributed by atoms with Crippen LogP contribution in [0.4, 0.5) is 0 Å². The predicted molar refractivity (Wildman–Crippen MR) is 111 cm³/mol. The molecule has 0 amide bonds. The lowest BCUT2D eigenvalue weighted by Crippen LogP contribution is -2.40. The molecular weight excluding hydrogens is 346 g/mol. The molecular formula is C20H35N3O2S. The van der Waals surface area contributed by atoms with Crippen LogP contribution < -0.4 is 10.1 Å². The van der Waals surface area contributed by atoms with Gasteiger partial charge in [0.1, 0.15) is 18.5 Å². The van der Waals surface area contributed by atoms with Crippen molar-refractivity contribution in [2.75, 3.05) is 63.9 Å². The molecule has 0 aliphatic carbocycles. The van der Waals surface area contributed by atoms with Crippen LogP contribution in [0.15, 0.2) is 24.3 Å². The first-order valence-electron chi connectivity index (χ1n) is 9.84. The quantitative estimate of drug-likeness (QED) is 0.540. The summed E-state index contributed by atoms with van der Waals surface area (Å²) in [5.41, 5.74) is 1.15. The second kappa shape index (κ2) is 12.6. The van der Waals surface area contributed by atoms with Crippen LogP contribution in [0.5, 0.6) is 5.75 Å². The van der Waals surface area contributed by atoms with E-state index in [9.17, 15) is 5.11 Å². The van der Waals surface area contributed by atoms with E-state index in [4.69, 9.17) is 4.74 Å². The first kappa shape index (κ1) is 21.5. The number of para-hydroxylation sites is 1. The lowest BCUT2D eigenvalue weighted by molar-refractivity contribution is 0.0711. The van der Waals surface area contributed by atoms with E-state index < -0.39 is 6.10 Å². The van der Waals surface area contributed by atoms with Crippen LogP contribution in [0.3, 0.4) is 0 Å². The topological polar surface area (TPSA) is 48.0 Å². The van der Waals surface area contributed by atoms with Crippen LogP contribution in [0.25, 0.3) is 0 Å². The molecule has 148 valence electrons. The van der Waals surface area contributed by atoms with Crippen LogP contribution in [0.2, 0.25) is 0 Å². The van der Waals surface area contributed by atoms with E-state index in [-0.39, 0.29) is 0 Å². The van der Waals surface area contributed by atoms with Crippen LogP contribution >= 0.6 is 11.8 Å². The number of β-amino-alcohol motifs (C(OH)–C–C–N with tert-alkyl or cyclic N) is 1. The number of aliphatic hydroxyl groups is 1. The fourth-order valence-corrected chi connectivity index (χ4v) is 4.09. The minimum Gasteiger partial charge on any atom is -0.491 e. The minimum atomic E-state index is -0.443. The molecule has 5 nitrogen and oxygen atoms in total. The normalized spacial score (nSPS) is 16.8. The standard InChI is InChI=1S/C20H35N3O2S/c1-3-22(4-2)10-9-21-15-18-7-5-6-8-20(18)25-17-19(24)16-23-11-13-26-14-12-23/h5-8,19,21,24H,3-4,9-17H2,1-2H3. The number of hydrogen-bond acceptors (Lipinski definition) is 6. The molecule has 0 aromatic heterocycles. The number of likely N-dealkylation sites (N-methyl/N-ethyl adjacent to an activating group) is 1. The third kappa shape index (κ3) is 7.84. The Morgan fingerprint density at radius 2 is 1.96 bits per heavy atom. The predicted octanol–water partition coefficient (Wildman–Crippen LogP) is 1.91. The largest absolute Gasteiger partial charge is 0.491 e. The molecule has 0 radical (unpaired) electrons. The SMILES string of the molecule is CCN(CC)CCNCc1ccccc1OCC(O)CN1CCSCC1. The van der Waals surface area contributed by atoms with E-state index in [1.807, 2.05) is 30.0 Å². The molecule has 2 N–H and O–H groups in total. The maximum Gasteiger partial charge on any atom is 0.123 e. The van der Waals surface area contributed by atoms with Gasteiger partial charge in [-0.25, -0.2) is 0 Å². The van der Waals surface area contributed by atoms with Gasteiger partial charge in [0.15, 0.2) is 0 Å². The molecule has 26 heavy (non-hydrogen) atoms. The number of nitrogens with one attached hydrogen (secondary N) is 1. The molecule has 1 aliphatic heterocycles. The van der Waals surface area contributed by atoms with Crippen molar-refractivity contribution in [3.05, 3.63) is 29.8 Å². The van der Waals surface area contributed by atoms with Crippen molar-refractivity contribution in [3.8, 4) is 5.75 Å². The number of benzene rings is 1. The maximum atomic E-state index is 10.3. The summed E-state index contributed by atoms with van der Waals surface area (Å²) in [7, 11) is 0. The van der Waals surface area contributed by atoms with Gasteiger partial charge in [-0.3, -0.25) is 4.90 Å². The van der Waals surface area contributed by atoms with Gasteiger partial charge < -0.3 is 20.1 Å². The van der Waals surface area contributed by atoms with Crippen LogP contribution in [-0.2, 0) is 6.54 Å². The average Bonchev–Trinajstić information content (AvgIpc) is 2.68. The van der Waals surface area contributed by atoms with Crippen molar-refractivity contribution in [1.29, 1.82) is 0 Å². The fraction of sp³-hybridized carbons (Fsp3) is 0.700. The molecule has 1 aromatic rings. The Morgan fingerprint density at radius 3 is 2.69 bits per heavy atom. The summed E-state index contributed by atoms with van der Waals surface area (Å²) >= 11 is 1.99. The summed E-state index contributed by atoms with van der Waals surface area (Å²) in [6.45, 7) is 12.6. The molecule has 1 fully saturated rings. The summed E-state index contributed by atoms with van der Waals surface area (Å²) < 4.78 is 5.93. The molecule has 1 heterocycles. The zero-order valence-corrected chi connectivity index (χ0v) is 17.1. The summed E-state index contributed by atoms with van der Waals surface area (Å²) in [6, 6.07) is 8.11. The average molecular weight is 382 g/mol. The molecule has 0 saturated carbocycles. The minimum absolute atomic E-state index is 0.347. The van der Waals surface area contributed by atoms with Crippen molar-refractivity contribution >= 4 is 11.8 Å². The molecule has 1 aromatic carbocycles. The maximum absolute atomic E-state index is 10.3. The molecule has 1 aliphatic rings. The van der Waals surface area contributed by atoms with E-state index in [0.29, 0.717) is 13.2 Å². The molecule has 2 rings (SSSR count). The highest BCUT2D eigenvalue weighted by Crippen LogP contribution is 2.18. The monoisotopic (exact) mass is 381 g/mol. The second-order valence-corrected chi connectivity index (χ2v) is 7.91. The number of nitrogens with zero attached hydrogens (tertiary/aromatic N) is 2. The fourth-order valence-electron chi connectivity index (χ4n) is 3.11. The van der Waals surface area contributed by atoms with Crippen LogP contribution in [0, 0.1) is 0 Å². The summed E-state index contributed by atoms with van der Waals surface area (Å²) in [4.78, 5) is 4.73. The van der Waals surface area contributed by atoms with Crippen molar-refractivity contribution in [2.45, 2.75) is 26.5 Å². The van der Waals surface area contributed by atoms with E-state index in [1.54, 1.807) is 0 Å². The second-order valence-electron chi connectivity index (χ2n) is 6.69. The molecule has 0 spiro atoms. The van der Waals surface area contributed by atoms with Gasteiger partial charge in [0.2, 0.25) is 0 Å². The van der Waals surface area contributed by atoms with Gasteiger partial charge in [0.25, 0.3) is 0 Å². The molecule has 0 bridgehead atoms. The summed E-state index contributed by atoms with van der Waals surface area (Å²) in [5, 5.41) is 13.8. The highest BCUT2D eigenvalue weighted by Gasteiger charge is 2.15. The highest BCUT2D eigenvalue weighted by atomic mass is 32.2. The Balaban J connectivity index is 1.73. The van der Waals surface area contributed by atoms with Gasteiger partial charge in [0.05, 0.1) is 0 Å². The van der Waals surface area contributed by atoms with Crippen molar-refractivity contribution in [3.63, 3.8) is 0 Å². The van der Waals surface area contributed by atoms with E-state index in [0.717, 1.165) is 68.6 Å². The Bertz CT molecular complexity index is 494. The van der Waals surface area contributed by atoms with Gasteiger partial charge in [-0.05, 0) is 19.2 Å². The van der Waals surface area contributed by atoms with Gasteiger partial charge in [-0.1, -0.05) is 32.0 Å². The summed E-state index contributed by atoms with van der Waals surface area (Å²) in [6.07, 6.45) is -0.443. The number of aliphatic hydroxyl groups excluding tert-OH is 1. The van der Waals surface area contributed by atoms with E-state index in [1.165, 1.54) is 0 Å². The van der Waals surface area contributed by atoms with Gasteiger partial charge >= 0.3 is 0 Å². The van der Waals surface area contributed by atoms with Gasteiger partial charge in [0, 0.05) is 56.3 Å². The van der Waals surface area contributed by atoms with Crippen molar-refractivity contribution in [1.82, 2.24) is 15.1 Å². The molecule has 6 heteroatoms. The van der Waals surface area contributed by atoms with Crippen molar-refractivity contribution in [2.24, 2.45) is 0 Å². The van der Waals surface area contributed by atoms with E-state index >= 15 is 0 Å². The zero-order chi connectivity index (χ0) is 18.6. The van der Waals surface area contributed by atoms with Crippen molar-refractivity contribution < 1.29 is 9.84 Å². The Labute approximate surface area is 163 Å². The van der Waals surface area contributed by atoms with Gasteiger partial charge in [-0.2, -0.15) is 11.8 Å². The highest BCUT2D eigenvalue weighted by molar-refractivity contribution is 7.99. The Kier molecular flexibility index (Phi) is 10.4. The molecule has 1 saturated heterocycles. The lowest BCUT2D eigenvalue weighted by Gasteiger charge is -2.28. The zero-order valence-electron chi connectivity index (χ0n) is 16.3. The third-order valence-electron chi connectivity index (χ3n) is 4.79. The first-order valence-corrected chi connectivity index (χ1v) is 11.0. The Morgan fingerprint density at radius 1 is 1.23 bits per heavy atom. The molecule has 1 atom stereocenters. The van der Waals surface area contributed by atoms with Gasteiger partial charge in [-0.15, -0.1) is 0 Å². The molecule has 1 unspecified atom stereocenters. The number of thioether (sulfide) groups is 1. The summed E-state index contributed by atoms with van der Waals surface area (Å²) in [5.74, 6) is 3.20. The Hall–Kier alpha value is -0.790. The number of hydrogen-bond donors (Lipinski definition) is 2. The third-order valence-corrected chi connectivity index (χ3v) is 5.73.